The van der Waals surface area contributed by atoms with Crippen molar-refractivity contribution in [3.05, 3.63) is 49.7 Å². The van der Waals surface area contributed by atoms with Gasteiger partial charge >= 0.3 is 0 Å². The van der Waals surface area contributed by atoms with E-state index in [1.54, 1.807) is 17.4 Å². The van der Waals surface area contributed by atoms with Crippen LogP contribution in [0.1, 0.15) is 44.1 Å². The van der Waals surface area contributed by atoms with E-state index in [4.69, 9.17) is 16.3 Å². The Bertz CT molecular complexity index is 709. The van der Waals surface area contributed by atoms with Crippen molar-refractivity contribution in [2.45, 2.75) is 32.1 Å². The summed E-state index contributed by atoms with van der Waals surface area (Å²) in [6, 6.07) is 5.72. The van der Waals surface area contributed by atoms with Gasteiger partial charge in [-0.25, -0.2) is 0 Å². The van der Waals surface area contributed by atoms with Crippen molar-refractivity contribution in [1.82, 2.24) is 0 Å². The zero-order valence-corrected chi connectivity index (χ0v) is 13.1. The Morgan fingerprint density at radius 2 is 1.95 bits per heavy atom. The molecule has 0 saturated heterocycles. The van der Waals surface area contributed by atoms with Crippen LogP contribution < -0.4 is 4.74 Å². The summed E-state index contributed by atoms with van der Waals surface area (Å²) in [5.41, 5.74) is 3.02. The van der Waals surface area contributed by atoms with Gasteiger partial charge in [0.05, 0.1) is 17.0 Å². The second-order valence-corrected chi connectivity index (χ2v) is 7.21. The van der Waals surface area contributed by atoms with Crippen LogP contribution in [0.5, 0.6) is 5.75 Å². The van der Waals surface area contributed by atoms with Crippen molar-refractivity contribution in [2.75, 3.05) is 6.61 Å². The lowest BCUT2D eigenvalue weighted by molar-refractivity contribution is 0.103. The number of ether oxygens (including phenoxy) is 1. The molecule has 2 nitrogen and oxygen atoms in total. The number of carbonyl (C=O) groups excluding carboxylic acids is 1. The average molecular weight is 319 g/mol. The minimum absolute atomic E-state index is 0.0510. The van der Waals surface area contributed by atoms with Crippen molar-refractivity contribution in [3.8, 4) is 5.75 Å². The summed E-state index contributed by atoms with van der Waals surface area (Å²) in [6.45, 7) is 0.636. The number of ketones is 1. The monoisotopic (exact) mass is 318 g/mol. The molecule has 0 bridgehead atoms. The number of rotatable bonds is 2. The highest BCUT2D eigenvalue weighted by molar-refractivity contribution is 7.14. The highest BCUT2D eigenvalue weighted by Crippen LogP contribution is 2.37. The molecule has 2 aliphatic rings. The van der Waals surface area contributed by atoms with E-state index in [0.29, 0.717) is 17.2 Å². The summed E-state index contributed by atoms with van der Waals surface area (Å²) < 4.78 is 5.65. The fraction of sp³-hybridized carbons (Fsp3) is 0.353. The first-order chi connectivity index (χ1) is 10.2. The molecule has 0 N–H and O–H groups in total. The van der Waals surface area contributed by atoms with Gasteiger partial charge in [0.2, 0.25) is 5.78 Å². The number of benzene rings is 1. The van der Waals surface area contributed by atoms with Crippen LogP contribution >= 0.6 is 22.9 Å². The Kier molecular flexibility index (Phi) is 3.27. The molecule has 21 heavy (non-hydrogen) atoms. The minimum Gasteiger partial charge on any atom is -0.492 e. The number of hydrogen-bond donors (Lipinski definition) is 0. The fourth-order valence-electron chi connectivity index (χ4n) is 3.17. The van der Waals surface area contributed by atoms with Gasteiger partial charge < -0.3 is 4.74 Å². The van der Waals surface area contributed by atoms with Gasteiger partial charge in [-0.15, -0.1) is 11.3 Å². The van der Waals surface area contributed by atoms with E-state index in [2.05, 4.69) is 6.07 Å². The molecule has 0 spiro atoms. The minimum atomic E-state index is 0.0510. The third kappa shape index (κ3) is 2.29. The second kappa shape index (κ2) is 5.15. The van der Waals surface area contributed by atoms with Gasteiger partial charge in [-0.2, -0.15) is 0 Å². The third-order valence-electron chi connectivity index (χ3n) is 4.21. The Balaban J connectivity index is 1.77. The van der Waals surface area contributed by atoms with E-state index >= 15 is 0 Å². The molecular formula is C17H15ClO2S. The van der Waals surface area contributed by atoms with Gasteiger partial charge in [-0.05, 0) is 55.0 Å². The number of halogens is 1. The molecule has 0 radical (unpaired) electrons. The first kappa shape index (κ1) is 13.4. The number of aryl methyl sites for hydroxylation is 2. The van der Waals surface area contributed by atoms with Crippen LogP contribution in [0, 0.1) is 0 Å². The van der Waals surface area contributed by atoms with E-state index in [1.807, 2.05) is 6.07 Å². The maximum absolute atomic E-state index is 12.8. The van der Waals surface area contributed by atoms with Crippen LogP contribution in [0.2, 0.25) is 5.02 Å². The van der Waals surface area contributed by atoms with E-state index in [0.717, 1.165) is 35.5 Å². The molecule has 0 saturated carbocycles. The van der Waals surface area contributed by atoms with Gasteiger partial charge in [-0.1, -0.05) is 11.6 Å². The van der Waals surface area contributed by atoms with E-state index in [9.17, 15) is 4.79 Å². The molecular weight excluding hydrogens is 304 g/mol. The van der Waals surface area contributed by atoms with Gasteiger partial charge in [0, 0.05) is 16.3 Å². The van der Waals surface area contributed by atoms with Gasteiger partial charge in [0.25, 0.3) is 0 Å². The summed E-state index contributed by atoms with van der Waals surface area (Å²) in [5, 5.41) is 0.615. The molecule has 0 atom stereocenters. The normalized spacial score (nSPS) is 16.2. The van der Waals surface area contributed by atoms with E-state index < -0.39 is 0 Å². The predicted octanol–water partition coefficient (Wildman–Crippen LogP) is 4.45. The van der Waals surface area contributed by atoms with Crippen LogP contribution in [-0.2, 0) is 19.3 Å². The molecule has 108 valence electrons. The first-order valence-corrected chi connectivity index (χ1v) is 8.53. The van der Waals surface area contributed by atoms with Crippen LogP contribution in [-0.4, -0.2) is 12.4 Å². The molecule has 4 heteroatoms. The standard InChI is InChI=1S/C17H15ClO2S/c18-12-7-11-5-6-20-17(11)13(9-12)16(19)15-8-10-3-1-2-4-14(10)21-15/h7-9H,1-6H2. The number of hydrogen-bond acceptors (Lipinski definition) is 3. The largest absolute Gasteiger partial charge is 0.492 e. The number of fused-ring (bicyclic) bond motifs is 2. The first-order valence-electron chi connectivity index (χ1n) is 7.34. The van der Waals surface area contributed by atoms with E-state index in [1.165, 1.54) is 23.3 Å². The topological polar surface area (TPSA) is 26.3 Å². The maximum Gasteiger partial charge on any atom is 0.206 e. The van der Waals surface area contributed by atoms with Crippen LogP contribution in [0.25, 0.3) is 0 Å². The van der Waals surface area contributed by atoms with Crippen molar-refractivity contribution >= 4 is 28.7 Å². The molecule has 1 aromatic carbocycles. The molecule has 1 aliphatic carbocycles. The predicted molar refractivity (Wildman–Crippen MR) is 85.0 cm³/mol. The summed E-state index contributed by atoms with van der Waals surface area (Å²) in [6.07, 6.45) is 5.50. The summed E-state index contributed by atoms with van der Waals surface area (Å²) in [7, 11) is 0. The Labute approximate surface area is 132 Å². The molecule has 1 aliphatic heterocycles. The molecule has 4 rings (SSSR count). The van der Waals surface area contributed by atoms with Crippen molar-refractivity contribution < 1.29 is 9.53 Å². The maximum atomic E-state index is 12.8. The zero-order chi connectivity index (χ0) is 14.4. The highest BCUT2D eigenvalue weighted by atomic mass is 35.5. The van der Waals surface area contributed by atoms with Gasteiger partial charge in [0.1, 0.15) is 5.75 Å². The molecule has 2 heterocycles. The summed E-state index contributed by atoms with van der Waals surface area (Å²) >= 11 is 7.80. The molecule has 0 fully saturated rings. The Morgan fingerprint density at radius 1 is 1.10 bits per heavy atom. The molecule has 0 unspecified atom stereocenters. The molecule has 0 amide bonds. The second-order valence-electron chi connectivity index (χ2n) is 5.64. The zero-order valence-electron chi connectivity index (χ0n) is 11.6. The lowest BCUT2D eigenvalue weighted by Crippen LogP contribution is -2.02. The van der Waals surface area contributed by atoms with Crippen molar-refractivity contribution in [2.24, 2.45) is 0 Å². The van der Waals surface area contributed by atoms with Crippen molar-refractivity contribution in [1.29, 1.82) is 0 Å². The van der Waals surface area contributed by atoms with E-state index in [-0.39, 0.29) is 5.78 Å². The fourth-order valence-corrected chi connectivity index (χ4v) is 4.62. The van der Waals surface area contributed by atoms with Gasteiger partial charge in [-0.3, -0.25) is 4.79 Å². The number of thiophene rings is 1. The SMILES string of the molecule is O=C(c1cc2c(s1)CCCC2)c1cc(Cl)cc2c1OCC2. The molecule has 1 aromatic heterocycles. The Hall–Kier alpha value is -1.32. The average Bonchev–Trinajstić information content (AvgIpc) is 3.11. The third-order valence-corrected chi connectivity index (χ3v) is 5.67. The highest BCUT2D eigenvalue weighted by Gasteiger charge is 2.25. The van der Waals surface area contributed by atoms with Crippen LogP contribution in [0.4, 0.5) is 0 Å². The van der Waals surface area contributed by atoms with Crippen LogP contribution in [0.3, 0.4) is 0 Å². The molecule has 2 aromatic rings. The number of carbonyl (C=O) groups is 1. The Morgan fingerprint density at radius 3 is 2.81 bits per heavy atom. The quantitative estimate of drug-likeness (QED) is 0.765. The van der Waals surface area contributed by atoms with Crippen LogP contribution in [0.15, 0.2) is 18.2 Å². The smallest absolute Gasteiger partial charge is 0.206 e. The summed E-state index contributed by atoms with van der Waals surface area (Å²) in [5.74, 6) is 0.783. The lowest BCUT2D eigenvalue weighted by Gasteiger charge is -2.08. The lowest BCUT2D eigenvalue weighted by atomic mass is 9.98. The van der Waals surface area contributed by atoms with Crippen molar-refractivity contribution in [3.63, 3.8) is 0 Å². The summed E-state index contributed by atoms with van der Waals surface area (Å²) in [4.78, 5) is 15.0. The van der Waals surface area contributed by atoms with Gasteiger partial charge in [0.15, 0.2) is 0 Å².